The van der Waals surface area contributed by atoms with Gasteiger partial charge in [-0.2, -0.15) is 0 Å². The Balaban J connectivity index is 0.952. The third kappa shape index (κ3) is 6.11. The van der Waals surface area contributed by atoms with Crippen LogP contribution in [0.1, 0.15) is 68.4 Å². The van der Waals surface area contributed by atoms with Gasteiger partial charge in [0.15, 0.2) is 0 Å². The number of rotatable bonds is 10. The van der Waals surface area contributed by atoms with Crippen LogP contribution in [-0.4, -0.2) is 26.4 Å². The Kier molecular flexibility index (Phi) is 9.17. The van der Waals surface area contributed by atoms with Gasteiger partial charge in [-0.15, -0.1) is 0 Å². The molecule has 3 aliphatic carbocycles. The van der Waals surface area contributed by atoms with E-state index in [1.54, 1.807) is 0 Å². The molecule has 5 aliphatic rings. The number of hydrogen-bond acceptors (Lipinski definition) is 4. The van der Waals surface area contributed by atoms with E-state index in [1.165, 1.54) is 67.3 Å². The number of anilines is 4. The van der Waals surface area contributed by atoms with Crippen LogP contribution in [0.25, 0.3) is 0 Å². The van der Waals surface area contributed by atoms with Crippen molar-refractivity contribution in [1.29, 1.82) is 0 Å². The first-order chi connectivity index (χ1) is 30.8. The van der Waals surface area contributed by atoms with E-state index in [2.05, 4.69) is 238 Å². The van der Waals surface area contributed by atoms with Crippen molar-refractivity contribution < 1.29 is 0 Å². The standard InChI is InChI=1S/C58H50N4/c1-5-21-41(22-6-1)57(42-23-7-2-8-24-42)61-39-59(51-33-17-19-35-53(51)61)37-49-50(56-47-31-15-13-29-45(47)55(49)46-30-14-16-32-48(46)56)38-60-40-62(54-36-20-18-34-52(54)60)58(43-25-9-3-10-26-43)44-27-11-4-12-28-44/h1-36,49-50,55-58H,37-40H2/t49-,50-,55?,56?/m0/s1. The van der Waals surface area contributed by atoms with Gasteiger partial charge in [-0.25, -0.2) is 0 Å². The van der Waals surface area contributed by atoms with Gasteiger partial charge in [-0.1, -0.05) is 194 Å². The van der Waals surface area contributed by atoms with Crippen LogP contribution in [-0.2, 0) is 0 Å². The Morgan fingerprint density at radius 3 is 0.871 bits per heavy atom. The largest absolute Gasteiger partial charge is 0.352 e. The van der Waals surface area contributed by atoms with E-state index in [9.17, 15) is 0 Å². The molecule has 8 aromatic carbocycles. The number of nitrogens with zero attached hydrogens (tertiary/aromatic N) is 4. The molecule has 0 saturated heterocycles. The Morgan fingerprint density at radius 1 is 0.306 bits per heavy atom. The fourth-order valence-corrected chi connectivity index (χ4v) is 11.9. The highest BCUT2D eigenvalue weighted by molar-refractivity contribution is 5.79. The molecule has 4 nitrogen and oxygen atoms in total. The van der Waals surface area contributed by atoms with E-state index < -0.39 is 0 Å². The van der Waals surface area contributed by atoms with Crippen LogP contribution in [0.2, 0.25) is 0 Å². The van der Waals surface area contributed by atoms with Crippen LogP contribution in [0.4, 0.5) is 22.7 Å². The van der Waals surface area contributed by atoms with Crippen molar-refractivity contribution >= 4 is 22.7 Å². The highest BCUT2D eigenvalue weighted by Gasteiger charge is 2.51. The topological polar surface area (TPSA) is 13.0 Å². The molecule has 0 fully saturated rings. The smallest absolute Gasteiger partial charge is 0.0913 e. The summed E-state index contributed by atoms with van der Waals surface area (Å²) < 4.78 is 0. The van der Waals surface area contributed by atoms with Gasteiger partial charge in [0.2, 0.25) is 0 Å². The minimum absolute atomic E-state index is 0.0952. The summed E-state index contributed by atoms with van der Waals surface area (Å²) in [6.45, 7) is 3.59. The van der Waals surface area contributed by atoms with E-state index in [0.29, 0.717) is 23.7 Å². The second-order valence-corrected chi connectivity index (χ2v) is 17.6. The van der Waals surface area contributed by atoms with Crippen molar-refractivity contribution in [3.63, 3.8) is 0 Å². The number of benzene rings is 8. The van der Waals surface area contributed by atoms with Gasteiger partial charge in [0.25, 0.3) is 0 Å². The lowest BCUT2D eigenvalue weighted by atomic mass is 9.54. The van der Waals surface area contributed by atoms with Crippen molar-refractivity contribution in [2.45, 2.75) is 23.9 Å². The molecule has 2 bridgehead atoms. The zero-order valence-electron chi connectivity index (χ0n) is 34.9. The molecule has 8 aromatic rings. The molecular weight excluding hydrogens is 753 g/mol. The Morgan fingerprint density at radius 2 is 0.565 bits per heavy atom. The molecule has 2 heterocycles. The van der Waals surface area contributed by atoms with Gasteiger partial charge in [-0.3, -0.25) is 0 Å². The van der Waals surface area contributed by atoms with Gasteiger partial charge in [0, 0.05) is 24.9 Å². The fourth-order valence-electron chi connectivity index (χ4n) is 11.9. The summed E-state index contributed by atoms with van der Waals surface area (Å²) >= 11 is 0. The van der Waals surface area contributed by atoms with E-state index in [0.717, 1.165) is 26.4 Å². The van der Waals surface area contributed by atoms with Crippen molar-refractivity contribution in [1.82, 2.24) is 0 Å². The van der Waals surface area contributed by atoms with Crippen LogP contribution in [0, 0.1) is 11.8 Å². The molecule has 62 heavy (non-hydrogen) atoms. The summed E-state index contributed by atoms with van der Waals surface area (Å²) in [6.07, 6.45) is 0. The maximum absolute atomic E-state index is 2.73. The van der Waals surface area contributed by atoms with Crippen LogP contribution in [0.15, 0.2) is 218 Å². The summed E-state index contributed by atoms with van der Waals surface area (Å²) in [7, 11) is 0. The molecule has 0 spiro atoms. The lowest BCUT2D eigenvalue weighted by Crippen LogP contribution is -2.50. The number of hydrogen-bond donors (Lipinski definition) is 0. The number of para-hydroxylation sites is 4. The Bertz CT molecular complexity index is 2510. The third-order valence-electron chi connectivity index (χ3n) is 14.4. The summed E-state index contributed by atoms with van der Waals surface area (Å²) in [4.78, 5) is 10.8. The lowest BCUT2D eigenvalue weighted by Gasteiger charge is -2.52. The summed E-state index contributed by atoms with van der Waals surface area (Å²) in [5.74, 6) is 1.36. The quantitative estimate of drug-likeness (QED) is 0.137. The normalized spacial score (nSPS) is 19.5. The van der Waals surface area contributed by atoms with E-state index >= 15 is 0 Å². The average molecular weight is 803 g/mol. The Hall–Kier alpha value is -7.04. The van der Waals surface area contributed by atoms with Gasteiger partial charge in [-0.05, 0) is 80.6 Å². The second-order valence-electron chi connectivity index (χ2n) is 17.6. The molecule has 0 amide bonds. The number of fused-ring (bicyclic) bond motifs is 3. The fraction of sp³-hybridized carbons (Fsp3) is 0.172. The molecular formula is C58H50N4. The zero-order valence-corrected chi connectivity index (χ0v) is 34.9. The summed E-state index contributed by atoms with van der Waals surface area (Å²) in [6, 6.07) is 81.7. The molecule has 0 aromatic heterocycles. The van der Waals surface area contributed by atoms with Crippen LogP contribution in [0.3, 0.4) is 0 Å². The summed E-state index contributed by atoms with van der Waals surface area (Å²) in [5.41, 5.74) is 16.6. The van der Waals surface area contributed by atoms with Gasteiger partial charge in [0.05, 0.1) is 48.2 Å². The molecule has 2 atom stereocenters. The predicted molar refractivity (Wildman–Crippen MR) is 255 cm³/mol. The molecule has 0 radical (unpaired) electrons. The Labute approximate surface area is 365 Å². The van der Waals surface area contributed by atoms with Crippen molar-refractivity contribution in [3.05, 3.63) is 263 Å². The van der Waals surface area contributed by atoms with Crippen LogP contribution in [0.5, 0.6) is 0 Å². The van der Waals surface area contributed by atoms with Crippen molar-refractivity contribution in [2.75, 3.05) is 46.0 Å². The van der Waals surface area contributed by atoms with Crippen molar-refractivity contribution in [2.24, 2.45) is 11.8 Å². The first kappa shape index (κ1) is 36.8. The molecule has 4 heteroatoms. The van der Waals surface area contributed by atoms with E-state index in [-0.39, 0.29) is 12.1 Å². The second kappa shape index (κ2) is 15.5. The van der Waals surface area contributed by atoms with Gasteiger partial charge >= 0.3 is 0 Å². The molecule has 302 valence electrons. The first-order valence-electron chi connectivity index (χ1n) is 22.4. The van der Waals surface area contributed by atoms with Gasteiger partial charge < -0.3 is 19.6 Å². The molecule has 0 saturated carbocycles. The van der Waals surface area contributed by atoms with Crippen molar-refractivity contribution in [3.8, 4) is 0 Å². The highest BCUT2D eigenvalue weighted by atomic mass is 15.4. The maximum Gasteiger partial charge on any atom is 0.0913 e. The maximum atomic E-state index is 2.73. The third-order valence-corrected chi connectivity index (χ3v) is 14.4. The monoisotopic (exact) mass is 802 g/mol. The van der Waals surface area contributed by atoms with E-state index in [4.69, 9.17) is 0 Å². The minimum Gasteiger partial charge on any atom is -0.352 e. The SMILES string of the molecule is c1ccc(C(c2ccccc2)N2CN(C[C@@H]3C4c5ccccc5C(c5ccccc54)[C@H]3CN3CN(C(c4ccccc4)c4ccccc4)c4ccccc43)c3ccccc32)cc1. The van der Waals surface area contributed by atoms with E-state index in [1.807, 2.05) is 0 Å². The average Bonchev–Trinajstić information content (AvgIpc) is 3.88. The minimum atomic E-state index is 0.0952. The molecule has 13 rings (SSSR count). The molecule has 0 unspecified atom stereocenters. The zero-order chi connectivity index (χ0) is 41.0. The highest BCUT2D eigenvalue weighted by Crippen LogP contribution is 2.60. The summed E-state index contributed by atoms with van der Waals surface area (Å²) in [5, 5.41) is 0. The molecule has 2 aliphatic heterocycles. The molecule has 0 N–H and O–H groups in total. The van der Waals surface area contributed by atoms with Gasteiger partial charge in [0.1, 0.15) is 0 Å². The predicted octanol–water partition coefficient (Wildman–Crippen LogP) is 12.7. The lowest BCUT2D eigenvalue weighted by molar-refractivity contribution is 0.235. The van der Waals surface area contributed by atoms with Crippen LogP contribution < -0.4 is 19.6 Å². The first-order valence-corrected chi connectivity index (χ1v) is 22.4. The van der Waals surface area contributed by atoms with Crippen LogP contribution >= 0.6 is 0 Å².